The lowest BCUT2D eigenvalue weighted by Crippen LogP contribution is -2.46. The van der Waals surface area contributed by atoms with Crippen molar-refractivity contribution in [1.82, 2.24) is 4.90 Å². The van der Waals surface area contributed by atoms with Crippen molar-refractivity contribution < 1.29 is 0 Å². The standard InChI is InChI=1S/C15H24N2/c1-3-8-17-10-14(9-15(16)11-17)13-6-4-12(2)5-7-13/h4-7,14-15H,3,8-11,16H2,1-2H3. The maximum absolute atomic E-state index is 6.17. The molecule has 2 N–H and O–H groups in total. The first-order chi connectivity index (χ1) is 8.19. The Bertz CT molecular complexity index is 344. The van der Waals surface area contributed by atoms with Gasteiger partial charge in [0, 0.05) is 19.1 Å². The highest BCUT2D eigenvalue weighted by Crippen LogP contribution is 2.26. The Morgan fingerprint density at radius 2 is 1.94 bits per heavy atom. The van der Waals surface area contributed by atoms with Crippen LogP contribution in [-0.2, 0) is 0 Å². The minimum atomic E-state index is 0.335. The fourth-order valence-corrected chi connectivity index (χ4v) is 2.81. The molecule has 94 valence electrons. The maximum Gasteiger partial charge on any atom is 0.0174 e. The Morgan fingerprint density at radius 1 is 1.24 bits per heavy atom. The van der Waals surface area contributed by atoms with Gasteiger partial charge in [-0.3, -0.25) is 0 Å². The molecule has 1 aliphatic rings. The normalized spacial score (nSPS) is 26.1. The zero-order valence-corrected chi connectivity index (χ0v) is 11.0. The summed E-state index contributed by atoms with van der Waals surface area (Å²) in [5, 5.41) is 0. The first-order valence-electron chi connectivity index (χ1n) is 6.73. The fourth-order valence-electron chi connectivity index (χ4n) is 2.81. The lowest BCUT2D eigenvalue weighted by Gasteiger charge is -2.36. The molecule has 2 atom stereocenters. The van der Waals surface area contributed by atoms with Crippen LogP contribution in [0.15, 0.2) is 24.3 Å². The molecule has 1 aliphatic heterocycles. The summed E-state index contributed by atoms with van der Waals surface area (Å²) in [4.78, 5) is 2.51. The molecule has 1 fully saturated rings. The van der Waals surface area contributed by atoms with E-state index < -0.39 is 0 Å². The molecule has 1 aromatic rings. The second-order valence-corrected chi connectivity index (χ2v) is 5.36. The molecule has 0 aliphatic carbocycles. The van der Waals surface area contributed by atoms with Crippen LogP contribution in [0, 0.1) is 6.92 Å². The zero-order valence-electron chi connectivity index (χ0n) is 11.0. The van der Waals surface area contributed by atoms with Gasteiger partial charge in [-0.25, -0.2) is 0 Å². The average molecular weight is 232 g/mol. The van der Waals surface area contributed by atoms with Gasteiger partial charge in [0.25, 0.3) is 0 Å². The van der Waals surface area contributed by atoms with E-state index in [0.29, 0.717) is 12.0 Å². The van der Waals surface area contributed by atoms with Gasteiger partial charge in [0.05, 0.1) is 0 Å². The third-order valence-corrected chi connectivity index (χ3v) is 3.65. The highest BCUT2D eigenvalue weighted by Gasteiger charge is 2.25. The zero-order chi connectivity index (χ0) is 12.3. The van der Waals surface area contributed by atoms with E-state index in [1.807, 2.05) is 0 Å². The largest absolute Gasteiger partial charge is 0.327 e. The molecule has 0 bridgehead atoms. The summed E-state index contributed by atoms with van der Waals surface area (Å²) in [6.45, 7) is 7.79. The molecule has 1 aromatic carbocycles. The Labute approximate surface area is 105 Å². The Hall–Kier alpha value is -0.860. The molecular formula is C15H24N2. The monoisotopic (exact) mass is 232 g/mol. The number of benzene rings is 1. The van der Waals surface area contributed by atoms with Gasteiger partial charge in [-0.1, -0.05) is 36.8 Å². The third kappa shape index (κ3) is 3.30. The number of nitrogens with zero attached hydrogens (tertiary/aromatic N) is 1. The van der Waals surface area contributed by atoms with E-state index in [4.69, 9.17) is 5.73 Å². The lowest BCUT2D eigenvalue weighted by atomic mass is 9.88. The van der Waals surface area contributed by atoms with Crippen molar-refractivity contribution in [3.8, 4) is 0 Å². The second-order valence-electron chi connectivity index (χ2n) is 5.36. The van der Waals surface area contributed by atoms with Crippen LogP contribution in [-0.4, -0.2) is 30.6 Å². The van der Waals surface area contributed by atoms with Crippen LogP contribution in [0.5, 0.6) is 0 Å². The van der Waals surface area contributed by atoms with E-state index in [0.717, 1.165) is 13.0 Å². The topological polar surface area (TPSA) is 29.3 Å². The second kappa shape index (κ2) is 5.65. The summed E-state index contributed by atoms with van der Waals surface area (Å²) >= 11 is 0. The van der Waals surface area contributed by atoms with Crippen molar-refractivity contribution in [3.63, 3.8) is 0 Å². The quantitative estimate of drug-likeness (QED) is 0.867. The van der Waals surface area contributed by atoms with Crippen molar-refractivity contribution in [3.05, 3.63) is 35.4 Å². The van der Waals surface area contributed by atoms with Crippen molar-refractivity contribution >= 4 is 0 Å². The number of aryl methyl sites for hydroxylation is 1. The van der Waals surface area contributed by atoms with Gasteiger partial charge in [-0.05, 0) is 37.8 Å². The summed E-state index contributed by atoms with van der Waals surface area (Å²) in [6, 6.07) is 9.28. The van der Waals surface area contributed by atoms with Crippen molar-refractivity contribution in [1.29, 1.82) is 0 Å². The molecule has 2 nitrogen and oxygen atoms in total. The average Bonchev–Trinajstić information content (AvgIpc) is 2.29. The van der Waals surface area contributed by atoms with E-state index in [9.17, 15) is 0 Å². The van der Waals surface area contributed by atoms with Crippen molar-refractivity contribution in [2.24, 2.45) is 5.73 Å². The highest BCUT2D eigenvalue weighted by molar-refractivity contribution is 5.25. The van der Waals surface area contributed by atoms with E-state index >= 15 is 0 Å². The molecule has 1 saturated heterocycles. The smallest absolute Gasteiger partial charge is 0.0174 e. The number of piperidine rings is 1. The number of nitrogens with two attached hydrogens (primary N) is 1. The molecular weight excluding hydrogens is 208 g/mol. The van der Waals surface area contributed by atoms with Crippen LogP contribution in [0.25, 0.3) is 0 Å². The van der Waals surface area contributed by atoms with E-state index in [-0.39, 0.29) is 0 Å². The van der Waals surface area contributed by atoms with Gasteiger partial charge < -0.3 is 10.6 Å². The van der Waals surface area contributed by atoms with E-state index in [1.165, 1.54) is 30.6 Å². The van der Waals surface area contributed by atoms with Crippen molar-refractivity contribution in [2.45, 2.75) is 38.6 Å². The lowest BCUT2D eigenvalue weighted by molar-refractivity contribution is 0.189. The molecule has 0 spiro atoms. The van der Waals surface area contributed by atoms with Crippen LogP contribution in [0.3, 0.4) is 0 Å². The maximum atomic E-state index is 6.17. The number of hydrogen-bond donors (Lipinski definition) is 1. The Kier molecular flexibility index (Phi) is 4.19. The molecule has 0 radical (unpaired) electrons. The molecule has 0 amide bonds. The number of hydrogen-bond acceptors (Lipinski definition) is 2. The predicted octanol–water partition coefficient (Wildman–Crippen LogP) is 2.52. The van der Waals surface area contributed by atoms with Gasteiger partial charge >= 0.3 is 0 Å². The van der Waals surface area contributed by atoms with Crippen LogP contribution in [0.1, 0.15) is 36.8 Å². The molecule has 2 rings (SSSR count). The predicted molar refractivity (Wildman–Crippen MR) is 73.2 cm³/mol. The number of likely N-dealkylation sites (tertiary alicyclic amines) is 1. The molecule has 2 heteroatoms. The Balaban J connectivity index is 2.06. The third-order valence-electron chi connectivity index (χ3n) is 3.65. The summed E-state index contributed by atoms with van der Waals surface area (Å²) in [5.74, 6) is 0.617. The van der Waals surface area contributed by atoms with E-state index in [1.54, 1.807) is 0 Å². The molecule has 1 heterocycles. The SMILES string of the molecule is CCCN1CC(N)CC(c2ccc(C)cc2)C1. The molecule has 2 unspecified atom stereocenters. The van der Waals surface area contributed by atoms with Gasteiger partial charge in [-0.15, -0.1) is 0 Å². The molecule has 0 aromatic heterocycles. The Morgan fingerprint density at radius 3 is 2.59 bits per heavy atom. The summed E-state index contributed by atoms with van der Waals surface area (Å²) in [7, 11) is 0. The first kappa shape index (κ1) is 12.6. The first-order valence-corrected chi connectivity index (χ1v) is 6.73. The number of rotatable bonds is 3. The van der Waals surface area contributed by atoms with Crippen LogP contribution >= 0.6 is 0 Å². The van der Waals surface area contributed by atoms with Crippen LogP contribution in [0.2, 0.25) is 0 Å². The van der Waals surface area contributed by atoms with Gasteiger partial charge in [-0.2, -0.15) is 0 Å². The summed E-state index contributed by atoms with van der Waals surface area (Å²) in [5.41, 5.74) is 8.95. The van der Waals surface area contributed by atoms with E-state index in [2.05, 4.69) is 43.0 Å². The van der Waals surface area contributed by atoms with Crippen molar-refractivity contribution in [2.75, 3.05) is 19.6 Å². The van der Waals surface area contributed by atoms with Gasteiger partial charge in [0.15, 0.2) is 0 Å². The molecule has 0 saturated carbocycles. The molecule has 17 heavy (non-hydrogen) atoms. The van der Waals surface area contributed by atoms with Crippen LogP contribution < -0.4 is 5.73 Å². The minimum absolute atomic E-state index is 0.335. The highest BCUT2D eigenvalue weighted by atomic mass is 15.1. The fraction of sp³-hybridized carbons (Fsp3) is 0.600. The van der Waals surface area contributed by atoms with Crippen LogP contribution in [0.4, 0.5) is 0 Å². The summed E-state index contributed by atoms with van der Waals surface area (Å²) < 4.78 is 0. The minimum Gasteiger partial charge on any atom is -0.327 e. The van der Waals surface area contributed by atoms with Gasteiger partial charge in [0.2, 0.25) is 0 Å². The van der Waals surface area contributed by atoms with Gasteiger partial charge in [0.1, 0.15) is 0 Å². The summed E-state index contributed by atoms with van der Waals surface area (Å²) in [6.07, 6.45) is 2.34.